The summed E-state index contributed by atoms with van der Waals surface area (Å²) >= 11 is 6.27. The number of halogens is 1. The summed E-state index contributed by atoms with van der Waals surface area (Å²) in [4.78, 5) is 12.6. The van der Waals surface area contributed by atoms with Gasteiger partial charge in [0.25, 0.3) is 16.0 Å². The first-order valence-electron chi connectivity index (χ1n) is 11.1. The fraction of sp³-hybridized carbons (Fsp3) is 0.115. The van der Waals surface area contributed by atoms with Gasteiger partial charge < -0.3 is 15.2 Å². The number of phenols is 1. The minimum atomic E-state index is -4.67. The third kappa shape index (κ3) is 5.56. The Kier molecular flexibility index (Phi) is 7.44. The lowest BCUT2D eigenvalue weighted by atomic mass is 10.0. The van der Waals surface area contributed by atoms with Gasteiger partial charge in [-0.3, -0.25) is 9.35 Å². The number of aromatic hydroxyl groups is 1. The van der Waals surface area contributed by atoms with E-state index in [-0.39, 0.29) is 22.0 Å². The van der Waals surface area contributed by atoms with Crippen LogP contribution in [0.3, 0.4) is 0 Å². The lowest BCUT2D eigenvalue weighted by Crippen LogP contribution is -2.12. The van der Waals surface area contributed by atoms with Crippen molar-refractivity contribution in [2.24, 2.45) is 10.2 Å². The van der Waals surface area contributed by atoms with E-state index < -0.39 is 26.7 Å². The van der Waals surface area contributed by atoms with E-state index in [1.54, 1.807) is 55.5 Å². The third-order valence-corrected chi connectivity index (χ3v) is 6.83. The smallest absolute Gasteiger partial charge is 0.296 e. The summed E-state index contributed by atoms with van der Waals surface area (Å²) in [5.74, 6) is -0.421. The molecule has 0 fully saturated rings. The van der Waals surface area contributed by atoms with Gasteiger partial charge in [-0.15, -0.1) is 10.2 Å². The normalized spacial score (nSPS) is 11.7. The topological polar surface area (TPSA) is 138 Å². The first-order chi connectivity index (χ1) is 17.6. The maximum atomic E-state index is 13.1. The molecule has 0 bridgehead atoms. The number of anilines is 1. The lowest BCUT2D eigenvalue weighted by Gasteiger charge is -2.12. The number of carbonyl (C=O) groups excluding carboxylic acids is 1. The SMILES string of the molecule is CCOc1ccc(NC(=O)c2cc3ccccc3c(N=Nc3c(S(=O)(=O)O)ccc(C)c3Cl)c2O)cc1. The maximum Gasteiger partial charge on any atom is 0.296 e. The predicted molar refractivity (Wildman–Crippen MR) is 141 cm³/mol. The van der Waals surface area contributed by atoms with Gasteiger partial charge in [0.05, 0.1) is 17.2 Å². The van der Waals surface area contributed by atoms with Crippen molar-refractivity contribution in [3.05, 3.63) is 82.9 Å². The number of benzene rings is 4. The Morgan fingerprint density at radius 2 is 1.70 bits per heavy atom. The summed E-state index contributed by atoms with van der Waals surface area (Å²) in [5, 5.41) is 22.8. The monoisotopic (exact) mass is 539 g/mol. The van der Waals surface area contributed by atoms with E-state index in [1.807, 2.05) is 6.92 Å². The van der Waals surface area contributed by atoms with Crippen LogP contribution in [0, 0.1) is 6.92 Å². The van der Waals surface area contributed by atoms with Gasteiger partial charge in [-0.25, -0.2) is 0 Å². The molecular formula is C26H22ClN3O6S. The molecule has 0 unspecified atom stereocenters. The second-order valence-electron chi connectivity index (χ2n) is 7.97. The third-order valence-electron chi connectivity index (χ3n) is 5.46. The maximum absolute atomic E-state index is 13.1. The molecule has 190 valence electrons. The van der Waals surface area contributed by atoms with Crippen LogP contribution in [0.2, 0.25) is 5.02 Å². The number of fused-ring (bicyclic) bond motifs is 1. The average molecular weight is 540 g/mol. The van der Waals surface area contributed by atoms with Crippen LogP contribution in [0.5, 0.6) is 11.5 Å². The molecule has 37 heavy (non-hydrogen) atoms. The number of nitrogens with zero attached hydrogens (tertiary/aromatic N) is 2. The second-order valence-corrected chi connectivity index (χ2v) is 9.74. The zero-order valence-electron chi connectivity index (χ0n) is 19.8. The Morgan fingerprint density at radius 3 is 2.38 bits per heavy atom. The Labute approximate surface area is 218 Å². The molecule has 0 aromatic heterocycles. The molecule has 0 aliphatic heterocycles. The standard InChI is InChI=1S/C26H22ClN3O6S/c1-3-36-18-11-9-17(10-12-18)28-26(32)20-14-16-6-4-5-7-19(16)23(25(20)31)29-30-24-21(37(33,34)35)13-8-15(2)22(24)27/h4-14,31H,3H2,1-2H3,(H,28,32)(H,33,34,35). The molecule has 0 saturated heterocycles. The molecule has 0 aliphatic rings. The summed E-state index contributed by atoms with van der Waals surface area (Å²) < 4.78 is 38.8. The molecule has 3 N–H and O–H groups in total. The number of carbonyl (C=O) groups is 1. The zero-order valence-corrected chi connectivity index (χ0v) is 21.3. The highest BCUT2D eigenvalue weighted by Gasteiger charge is 2.22. The fourth-order valence-corrected chi connectivity index (χ4v) is 4.53. The average Bonchev–Trinajstić information content (AvgIpc) is 2.86. The number of hydrogen-bond acceptors (Lipinski definition) is 7. The van der Waals surface area contributed by atoms with E-state index in [2.05, 4.69) is 15.5 Å². The highest BCUT2D eigenvalue weighted by atomic mass is 35.5. The van der Waals surface area contributed by atoms with Gasteiger partial charge in [0.1, 0.15) is 22.0 Å². The number of nitrogens with one attached hydrogen (secondary N) is 1. The number of amides is 1. The molecule has 0 aliphatic carbocycles. The van der Waals surface area contributed by atoms with E-state index in [1.165, 1.54) is 12.1 Å². The van der Waals surface area contributed by atoms with Gasteiger partial charge in [-0.05, 0) is 61.2 Å². The molecule has 0 radical (unpaired) electrons. The zero-order chi connectivity index (χ0) is 26.7. The van der Waals surface area contributed by atoms with Crippen LogP contribution in [0.25, 0.3) is 10.8 Å². The van der Waals surface area contributed by atoms with E-state index in [0.29, 0.717) is 34.4 Å². The van der Waals surface area contributed by atoms with E-state index >= 15 is 0 Å². The minimum Gasteiger partial charge on any atom is -0.505 e. The molecular weight excluding hydrogens is 518 g/mol. The van der Waals surface area contributed by atoms with Gasteiger partial charge in [0, 0.05) is 11.1 Å². The molecule has 1 amide bonds. The number of ether oxygens (including phenoxy) is 1. The molecule has 9 nitrogen and oxygen atoms in total. The van der Waals surface area contributed by atoms with Crippen LogP contribution in [0.1, 0.15) is 22.8 Å². The van der Waals surface area contributed by atoms with Crippen molar-refractivity contribution >= 4 is 55.5 Å². The largest absolute Gasteiger partial charge is 0.505 e. The summed E-state index contributed by atoms with van der Waals surface area (Å²) in [6, 6.07) is 17.7. The van der Waals surface area contributed by atoms with Gasteiger partial charge in [-0.1, -0.05) is 41.9 Å². The number of hydrogen-bond donors (Lipinski definition) is 3. The fourth-order valence-electron chi connectivity index (χ4n) is 3.64. The van der Waals surface area contributed by atoms with Crippen LogP contribution >= 0.6 is 11.6 Å². The van der Waals surface area contributed by atoms with Crippen LogP contribution in [-0.4, -0.2) is 30.6 Å². The number of rotatable bonds is 7. The molecule has 11 heteroatoms. The second kappa shape index (κ2) is 10.6. The van der Waals surface area contributed by atoms with Crippen molar-refractivity contribution in [1.29, 1.82) is 0 Å². The molecule has 0 saturated carbocycles. The molecule has 0 spiro atoms. The first kappa shape index (κ1) is 26.1. The lowest BCUT2D eigenvalue weighted by molar-refractivity contribution is 0.102. The highest BCUT2D eigenvalue weighted by Crippen LogP contribution is 2.42. The van der Waals surface area contributed by atoms with Crippen LogP contribution in [0.4, 0.5) is 17.1 Å². The summed E-state index contributed by atoms with van der Waals surface area (Å²) in [5.41, 5.74) is 0.534. The molecule has 4 aromatic carbocycles. The van der Waals surface area contributed by atoms with Gasteiger partial charge in [0.2, 0.25) is 0 Å². The first-order valence-corrected chi connectivity index (χ1v) is 12.9. The number of phenolic OH excluding ortho intramolecular Hbond substituents is 1. The Morgan fingerprint density at radius 1 is 1.03 bits per heavy atom. The van der Waals surface area contributed by atoms with E-state index in [0.717, 1.165) is 6.07 Å². The van der Waals surface area contributed by atoms with Crippen molar-refractivity contribution in [3.63, 3.8) is 0 Å². The van der Waals surface area contributed by atoms with Crippen molar-refractivity contribution < 1.29 is 27.6 Å². The summed E-state index contributed by atoms with van der Waals surface area (Å²) in [7, 11) is -4.67. The molecule has 4 rings (SSSR count). The van der Waals surface area contributed by atoms with Crippen LogP contribution < -0.4 is 10.1 Å². The van der Waals surface area contributed by atoms with Crippen LogP contribution in [-0.2, 0) is 10.1 Å². The van der Waals surface area contributed by atoms with Gasteiger partial charge in [-0.2, -0.15) is 8.42 Å². The summed E-state index contributed by atoms with van der Waals surface area (Å²) in [6.45, 7) is 4.00. The number of azo groups is 1. The van der Waals surface area contributed by atoms with E-state index in [4.69, 9.17) is 16.3 Å². The number of aryl methyl sites for hydroxylation is 1. The minimum absolute atomic E-state index is 0.0351. The highest BCUT2D eigenvalue weighted by molar-refractivity contribution is 7.86. The van der Waals surface area contributed by atoms with Gasteiger partial charge >= 0.3 is 0 Å². The van der Waals surface area contributed by atoms with Crippen molar-refractivity contribution in [2.45, 2.75) is 18.7 Å². The Balaban J connectivity index is 1.79. The Hall–Kier alpha value is -3.99. The van der Waals surface area contributed by atoms with Gasteiger partial charge in [0.15, 0.2) is 5.75 Å². The van der Waals surface area contributed by atoms with Crippen molar-refractivity contribution in [2.75, 3.05) is 11.9 Å². The molecule has 0 atom stereocenters. The molecule has 0 heterocycles. The van der Waals surface area contributed by atoms with Crippen LogP contribution in [0.15, 0.2) is 81.9 Å². The Bertz CT molecular complexity index is 1640. The van der Waals surface area contributed by atoms with Crippen molar-refractivity contribution in [3.8, 4) is 11.5 Å². The predicted octanol–water partition coefficient (Wildman–Crippen LogP) is 6.82. The quantitative estimate of drug-likeness (QED) is 0.174. The summed E-state index contributed by atoms with van der Waals surface area (Å²) in [6.07, 6.45) is 0. The van der Waals surface area contributed by atoms with E-state index in [9.17, 15) is 22.9 Å². The molecule has 4 aromatic rings. The van der Waals surface area contributed by atoms with Crippen molar-refractivity contribution in [1.82, 2.24) is 0 Å².